The number of esters is 1. The van der Waals surface area contributed by atoms with E-state index < -0.39 is 0 Å². The molecule has 0 aromatic carbocycles. The summed E-state index contributed by atoms with van der Waals surface area (Å²) in [6.45, 7) is 15.5. The highest BCUT2D eigenvalue weighted by molar-refractivity contribution is 5.70. The summed E-state index contributed by atoms with van der Waals surface area (Å²) in [5, 5.41) is 0. The number of hydrogen-bond acceptors (Lipinski definition) is 3. The van der Waals surface area contributed by atoms with Gasteiger partial charge < -0.3 is 9.47 Å². The van der Waals surface area contributed by atoms with Gasteiger partial charge in [0.1, 0.15) is 0 Å². The second kappa shape index (κ2) is 6.39. The summed E-state index contributed by atoms with van der Waals surface area (Å²) in [5.74, 6) is -0.179. The van der Waals surface area contributed by atoms with Crippen molar-refractivity contribution >= 4 is 5.97 Å². The molecular formula is C14H28O3. The highest BCUT2D eigenvalue weighted by atomic mass is 16.5. The van der Waals surface area contributed by atoms with Gasteiger partial charge in [0.05, 0.1) is 25.7 Å². The van der Waals surface area contributed by atoms with Gasteiger partial charge in [0.15, 0.2) is 0 Å². The smallest absolute Gasteiger partial charge is 0.308 e. The second-order valence-electron chi connectivity index (χ2n) is 6.74. The fraction of sp³-hybridized carbons (Fsp3) is 0.929. The fourth-order valence-corrected chi connectivity index (χ4v) is 1.34. The number of rotatable bonds is 5. The maximum absolute atomic E-state index is 11.5. The normalized spacial score (nSPS) is 14.5. The third-order valence-corrected chi connectivity index (χ3v) is 2.34. The molecule has 0 bridgehead atoms. The molecule has 0 N–H and O–H groups in total. The minimum absolute atomic E-state index is 0.0575. The summed E-state index contributed by atoms with van der Waals surface area (Å²) >= 11 is 0. The van der Waals surface area contributed by atoms with Crippen molar-refractivity contribution in [2.45, 2.75) is 61.0 Å². The van der Waals surface area contributed by atoms with Gasteiger partial charge in [-0.25, -0.2) is 0 Å². The molecule has 3 nitrogen and oxygen atoms in total. The Hall–Kier alpha value is -0.570. The Balaban J connectivity index is 4.41. The average Bonchev–Trinajstić information content (AvgIpc) is 2.09. The lowest BCUT2D eigenvalue weighted by Crippen LogP contribution is -2.34. The van der Waals surface area contributed by atoms with Gasteiger partial charge in [-0.05, 0) is 17.8 Å². The van der Waals surface area contributed by atoms with Gasteiger partial charge in [-0.2, -0.15) is 0 Å². The highest BCUT2D eigenvalue weighted by Crippen LogP contribution is 2.27. The molecule has 0 aromatic heterocycles. The Labute approximate surface area is 106 Å². The molecule has 0 saturated heterocycles. The average molecular weight is 244 g/mol. The molecule has 0 aliphatic carbocycles. The maximum atomic E-state index is 11.5. The third-order valence-electron chi connectivity index (χ3n) is 2.34. The summed E-state index contributed by atoms with van der Waals surface area (Å²) in [6.07, 6.45) is 0.230. The molecule has 1 unspecified atom stereocenters. The standard InChI is InChI=1S/C14H28O3/c1-8-16-12(15)9-11(14(5,6)7)17-10-13(2,3)4/h11H,8-10H2,1-7H3. The van der Waals surface area contributed by atoms with E-state index in [1.54, 1.807) is 0 Å². The molecule has 0 rings (SSSR count). The van der Waals surface area contributed by atoms with Crippen LogP contribution in [0.5, 0.6) is 0 Å². The Morgan fingerprint density at radius 1 is 1.12 bits per heavy atom. The second-order valence-corrected chi connectivity index (χ2v) is 6.74. The lowest BCUT2D eigenvalue weighted by molar-refractivity contribution is -0.150. The summed E-state index contributed by atoms with van der Waals surface area (Å²) in [4.78, 5) is 11.5. The first-order valence-electron chi connectivity index (χ1n) is 6.33. The molecule has 0 aromatic rings. The lowest BCUT2D eigenvalue weighted by atomic mass is 9.86. The van der Waals surface area contributed by atoms with Crippen LogP contribution in [0.3, 0.4) is 0 Å². The molecule has 17 heavy (non-hydrogen) atoms. The van der Waals surface area contributed by atoms with Crippen molar-refractivity contribution in [1.82, 2.24) is 0 Å². The largest absolute Gasteiger partial charge is 0.466 e. The lowest BCUT2D eigenvalue weighted by Gasteiger charge is -2.32. The summed E-state index contributed by atoms with van der Waals surface area (Å²) in [7, 11) is 0. The zero-order valence-corrected chi connectivity index (χ0v) is 12.4. The van der Waals surface area contributed by atoms with E-state index in [1.807, 2.05) is 6.92 Å². The number of hydrogen-bond donors (Lipinski definition) is 0. The molecule has 0 radical (unpaired) electrons. The van der Waals surface area contributed by atoms with Crippen LogP contribution >= 0.6 is 0 Å². The molecule has 0 heterocycles. The van der Waals surface area contributed by atoms with E-state index in [4.69, 9.17) is 9.47 Å². The van der Waals surface area contributed by atoms with E-state index in [1.165, 1.54) is 0 Å². The molecule has 0 aliphatic heterocycles. The summed E-state index contributed by atoms with van der Waals surface area (Å²) < 4.78 is 10.9. The predicted octanol–water partition coefficient (Wildman–Crippen LogP) is 3.42. The van der Waals surface area contributed by atoms with Gasteiger partial charge in [-0.15, -0.1) is 0 Å². The van der Waals surface area contributed by atoms with E-state index in [0.29, 0.717) is 19.6 Å². The van der Waals surface area contributed by atoms with Crippen molar-refractivity contribution in [1.29, 1.82) is 0 Å². The van der Waals surface area contributed by atoms with Crippen molar-refractivity contribution in [3.8, 4) is 0 Å². The zero-order valence-electron chi connectivity index (χ0n) is 12.4. The molecule has 0 amide bonds. The van der Waals surface area contributed by atoms with Crippen LogP contribution in [0.1, 0.15) is 54.9 Å². The van der Waals surface area contributed by atoms with Crippen LogP contribution in [-0.4, -0.2) is 25.3 Å². The van der Waals surface area contributed by atoms with Gasteiger partial charge in [0.25, 0.3) is 0 Å². The number of carbonyl (C=O) groups is 1. The van der Waals surface area contributed by atoms with Crippen LogP contribution in [0.4, 0.5) is 0 Å². The first kappa shape index (κ1) is 16.4. The van der Waals surface area contributed by atoms with Crippen molar-refractivity contribution < 1.29 is 14.3 Å². The first-order chi connectivity index (χ1) is 7.56. The van der Waals surface area contributed by atoms with E-state index in [-0.39, 0.29) is 22.9 Å². The van der Waals surface area contributed by atoms with Gasteiger partial charge in [0, 0.05) is 0 Å². The van der Waals surface area contributed by atoms with Gasteiger partial charge in [-0.1, -0.05) is 41.5 Å². The molecule has 0 spiro atoms. The monoisotopic (exact) mass is 244 g/mol. The highest BCUT2D eigenvalue weighted by Gasteiger charge is 2.29. The van der Waals surface area contributed by atoms with E-state index in [2.05, 4.69) is 41.5 Å². The van der Waals surface area contributed by atoms with Gasteiger partial charge in [-0.3, -0.25) is 4.79 Å². The van der Waals surface area contributed by atoms with Crippen LogP contribution in [0, 0.1) is 10.8 Å². The number of ether oxygens (including phenoxy) is 2. The molecule has 102 valence electrons. The van der Waals surface area contributed by atoms with Crippen LogP contribution in [0.15, 0.2) is 0 Å². The Morgan fingerprint density at radius 3 is 2.00 bits per heavy atom. The van der Waals surface area contributed by atoms with Crippen molar-refractivity contribution in [2.75, 3.05) is 13.2 Å². The summed E-state index contributed by atoms with van der Waals surface area (Å²) in [5.41, 5.74) is 0.0518. The Morgan fingerprint density at radius 2 is 1.65 bits per heavy atom. The van der Waals surface area contributed by atoms with Gasteiger partial charge in [0.2, 0.25) is 0 Å². The topological polar surface area (TPSA) is 35.5 Å². The number of carbonyl (C=O) groups excluding carboxylic acids is 1. The van der Waals surface area contributed by atoms with Crippen LogP contribution in [0.25, 0.3) is 0 Å². The maximum Gasteiger partial charge on any atom is 0.308 e. The molecule has 3 heteroatoms. The predicted molar refractivity (Wildman–Crippen MR) is 69.9 cm³/mol. The fourth-order valence-electron chi connectivity index (χ4n) is 1.34. The van der Waals surface area contributed by atoms with Crippen LogP contribution < -0.4 is 0 Å². The Bertz CT molecular complexity index is 233. The molecule has 0 aliphatic rings. The van der Waals surface area contributed by atoms with Crippen molar-refractivity contribution in [3.63, 3.8) is 0 Å². The summed E-state index contributed by atoms with van der Waals surface area (Å²) in [6, 6.07) is 0. The molecular weight excluding hydrogens is 216 g/mol. The van der Waals surface area contributed by atoms with E-state index in [0.717, 1.165) is 0 Å². The molecule has 0 saturated carbocycles. The van der Waals surface area contributed by atoms with Crippen LogP contribution in [-0.2, 0) is 14.3 Å². The zero-order chi connectivity index (χ0) is 13.7. The molecule has 1 atom stereocenters. The van der Waals surface area contributed by atoms with Gasteiger partial charge >= 0.3 is 5.97 Å². The van der Waals surface area contributed by atoms with Crippen molar-refractivity contribution in [2.24, 2.45) is 10.8 Å². The third kappa shape index (κ3) is 8.19. The Kier molecular flexibility index (Phi) is 6.17. The quantitative estimate of drug-likeness (QED) is 0.695. The molecule has 0 fully saturated rings. The van der Waals surface area contributed by atoms with E-state index in [9.17, 15) is 4.79 Å². The van der Waals surface area contributed by atoms with Crippen LogP contribution in [0.2, 0.25) is 0 Å². The minimum atomic E-state index is -0.179. The first-order valence-corrected chi connectivity index (χ1v) is 6.33. The minimum Gasteiger partial charge on any atom is -0.466 e. The SMILES string of the molecule is CCOC(=O)CC(OCC(C)(C)C)C(C)(C)C. The van der Waals surface area contributed by atoms with Crippen molar-refractivity contribution in [3.05, 3.63) is 0 Å². The van der Waals surface area contributed by atoms with E-state index >= 15 is 0 Å².